The van der Waals surface area contributed by atoms with Gasteiger partial charge in [0.1, 0.15) is 11.5 Å². The molecule has 0 heterocycles. The summed E-state index contributed by atoms with van der Waals surface area (Å²) in [5, 5.41) is 18.4. The Hall–Kier alpha value is -1.48. The minimum atomic E-state index is -4.60. The van der Waals surface area contributed by atoms with Gasteiger partial charge >= 0.3 is 7.60 Å². The van der Waals surface area contributed by atoms with Gasteiger partial charge in [0.05, 0.1) is 26.8 Å². The smallest absolute Gasteiger partial charge is 0.347 e. The molecule has 0 saturated carbocycles. The number of rotatable bonds is 8. The van der Waals surface area contributed by atoms with Crippen molar-refractivity contribution in [2.45, 2.75) is 19.6 Å². The van der Waals surface area contributed by atoms with Gasteiger partial charge in [0.25, 0.3) is 5.91 Å². The second-order valence-electron chi connectivity index (χ2n) is 4.89. The van der Waals surface area contributed by atoms with Gasteiger partial charge in [-0.05, 0) is 24.7 Å². The zero-order valence-corrected chi connectivity index (χ0v) is 15.8. The highest BCUT2D eigenvalue weighted by atomic mass is 31.2. The molecule has 1 aromatic carbocycles. The zero-order valence-electron chi connectivity index (χ0n) is 14.9. The minimum absolute atomic E-state index is 0.282. The first-order valence-electron chi connectivity index (χ1n) is 7.70. The van der Waals surface area contributed by atoms with Crippen LogP contribution in [0.1, 0.15) is 25.2 Å². The number of carbonyl (C=O) groups excluding carboxylic acids is 1. The molecular weight excluding hydrogens is 351 g/mol. The van der Waals surface area contributed by atoms with E-state index in [1.165, 1.54) is 26.3 Å². The first kappa shape index (κ1) is 23.5. The fourth-order valence-corrected chi connectivity index (χ4v) is 3.24. The summed E-state index contributed by atoms with van der Waals surface area (Å²) >= 11 is 0. The van der Waals surface area contributed by atoms with E-state index in [9.17, 15) is 24.4 Å². The van der Waals surface area contributed by atoms with Gasteiger partial charge in [0.2, 0.25) is 0 Å². The van der Waals surface area contributed by atoms with Crippen molar-refractivity contribution in [3.63, 3.8) is 0 Å². The van der Waals surface area contributed by atoms with Gasteiger partial charge in [-0.15, -0.1) is 0 Å². The fourth-order valence-electron chi connectivity index (χ4n) is 2.08. The summed E-state index contributed by atoms with van der Waals surface area (Å²) in [6.45, 7) is 2.86. The molecule has 144 valence electrons. The first-order valence-corrected chi connectivity index (χ1v) is 9.38. The first-order chi connectivity index (χ1) is 11.7. The van der Waals surface area contributed by atoms with Crippen molar-refractivity contribution in [1.82, 2.24) is 9.96 Å². The third-order valence-electron chi connectivity index (χ3n) is 3.13. The van der Waals surface area contributed by atoms with E-state index in [0.29, 0.717) is 16.4 Å². The number of hydrogen-bond acceptors (Lipinski definition) is 6. The molecule has 0 bridgehead atoms. The topological polar surface area (TPSA) is 131 Å². The van der Waals surface area contributed by atoms with Crippen LogP contribution in [0.25, 0.3) is 0 Å². The van der Waals surface area contributed by atoms with E-state index in [4.69, 9.17) is 9.84 Å². The van der Waals surface area contributed by atoms with E-state index in [-0.39, 0.29) is 6.54 Å². The van der Waals surface area contributed by atoms with Crippen molar-refractivity contribution >= 4 is 13.5 Å². The lowest BCUT2D eigenvalue weighted by Gasteiger charge is -2.29. The summed E-state index contributed by atoms with van der Waals surface area (Å²) in [5.41, 5.74) is 0.307. The van der Waals surface area contributed by atoms with Crippen molar-refractivity contribution in [3.8, 4) is 5.75 Å². The molecule has 0 aliphatic heterocycles. The standard InChI is InChI=1S/C13H21N2O7P.C2H6/c1-14(9-12(17)15(18)7-8-16)13(23(19,20)21)10-3-5-11(22-2)6-4-10;1-2/h3-6,13,16,18H,7-9H2,1-2H3,(H2,19,20,21);1-2H3. The number of aliphatic hydroxyl groups is 1. The number of likely N-dealkylation sites (N-methyl/N-ethyl adjacent to an activating group) is 1. The van der Waals surface area contributed by atoms with Crippen LogP contribution < -0.4 is 4.74 Å². The molecule has 0 fully saturated rings. The predicted molar refractivity (Wildman–Crippen MR) is 92.3 cm³/mol. The average Bonchev–Trinajstić information content (AvgIpc) is 2.56. The molecule has 10 heteroatoms. The van der Waals surface area contributed by atoms with Crippen molar-refractivity contribution in [2.75, 3.05) is 33.9 Å². The number of nitrogens with zero attached hydrogens (tertiary/aromatic N) is 2. The van der Waals surface area contributed by atoms with Gasteiger partial charge in [-0.3, -0.25) is 19.5 Å². The predicted octanol–water partition coefficient (Wildman–Crippen LogP) is 1.04. The number of benzene rings is 1. The monoisotopic (exact) mass is 378 g/mol. The van der Waals surface area contributed by atoms with Gasteiger partial charge in [0, 0.05) is 0 Å². The van der Waals surface area contributed by atoms with E-state index in [0.717, 1.165) is 4.90 Å². The molecule has 1 atom stereocenters. The van der Waals surface area contributed by atoms with Gasteiger partial charge < -0.3 is 19.6 Å². The summed E-state index contributed by atoms with van der Waals surface area (Å²) in [6, 6.07) is 6.09. The molecule has 1 aromatic rings. The molecule has 9 nitrogen and oxygen atoms in total. The normalized spacial score (nSPS) is 12.2. The highest BCUT2D eigenvalue weighted by molar-refractivity contribution is 7.52. The van der Waals surface area contributed by atoms with Gasteiger partial charge in [-0.2, -0.15) is 0 Å². The SMILES string of the molecule is CC.COc1ccc(C(N(C)CC(=O)N(O)CCO)P(=O)(O)O)cc1. The Morgan fingerprint density at radius 2 is 1.76 bits per heavy atom. The van der Waals surface area contributed by atoms with Crippen LogP contribution in [0, 0.1) is 0 Å². The van der Waals surface area contributed by atoms with Gasteiger partial charge in [0.15, 0.2) is 0 Å². The Bertz CT molecular complexity index is 562. The third-order valence-corrected chi connectivity index (χ3v) is 4.46. The van der Waals surface area contributed by atoms with Crippen molar-refractivity contribution in [2.24, 2.45) is 0 Å². The number of ether oxygens (including phenoxy) is 1. The Labute approximate surface area is 147 Å². The van der Waals surface area contributed by atoms with Crippen LogP contribution in [0.2, 0.25) is 0 Å². The van der Waals surface area contributed by atoms with Crippen LogP contribution >= 0.6 is 7.60 Å². The van der Waals surface area contributed by atoms with Gasteiger partial charge in [-0.25, -0.2) is 5.06 Å². The largest absolute Gasteiger partial charge is 0.497 e. The van der Waals surface area contributed by atoms with E-state index in [1.54, 1.807) is 12.1 Å². The van der Waals surface area contributed by atoms with Crippen molar-refractivity contribution in [1.29, 1.82) is 0 Å². The Morgan fingerprint density at radius 3 is 2.16 bits per heavy atom. The highest BCUT2D eigenvalue weighted by Gasteiger charge is 2.35. The quantitative estimate of drug-likeness (QED) is 0.300. The van der Waals surface area contributed by atoms with E-state index >= 15 is 0 Å². The number of methoxy groups -OCH3 is 1. The Balaban J connectivity index is 0.00000277. The number of carbonyl (C=O) groups is 1. The number of hydrogen-bond donors (Lipinski definition) is 4. The molecule has 0 spiro atoms. The third kappa shape index (κ3) is 7.52. The van der Waals surface area contributed by atoms with Crippen LogP contribution in [0.3, 0.4) is 0 Å². The van der Waals surface area contributed by atoms with Crippen LogP contribution in [-0.2, 0) is 9.36 Å². The molecule has 0 radical (unpaired) electrons. The van der Waals surface area contributed by atoms with E-state index < -0.39 is 32.4 Å². The molecule has 0 aliphatic rings. The average molecular weight is 378 g/mol. The molecule has 4 N–H and O–H groups in total. The number of amides is 1. The summed E-state index contributed by atoms with van der Waals surface area (Å²) in [5.74, 6) is -1.60. The molecule has 1 unspecified atom stereocenters. The summed E-state index contributed by atoms with van der Waals surface area (Å²) in [4.78, 5) is 32.1. The molecule has 0 aliphatic carbocycles. The van der Waals surface area contributed by atoms with Crippen LogP contribution in [0.15, 0.2) is 24.3 Å². The molecule has 1 rings (SSSR count). The lowest BCUT2D eigenvalue weighted by atomic mass is 10.2. The van der Waals surface area contributed by atoms with Crippen molar-refractivity contribution in [3.05, 3.63) is 29.8 Å². The lowest BCUT2D eigenvalue weighted by molar-refractivity contribution is -0.168. The molecule has 1 amide bonds. The second-order valence-corrected chi connectivity index (χ2v) is 6.56. The number of aliphatic hydroxyl groups excluding tert-OH is 1. The zero-order chi connectivity index (χ0) is 19.6. The van der Waals surface area contributed by atoms with Gasteiger partial charge in [-0.1, -0.05) is 26.0 Å². The highest BCUT2D eigenvalue weighted by Crippen LogP contribution is 2.53. The lowest BCUT2D eigenvalue weighted by Crippen LogP contribution is -2.39. The molecule has 0 aromatic heterocycles. The van der Waals surface area contributed by atoms with Crippen molar-refractivity contribution < 1.29 is 34.2 Å². The summed E-state index contributed by atoms with van der Waals surface area (Å²) < 4.78 is 16.8. The summed E-state index contributed by atoms with van der Waals surface area (Å²) in [6.07, 6.45) is 0. The summed E-state index contributed by atoms with van der Waals surface area (Å²) in [7, 11) is -1.77. The molecule has 25 heavy (non-hydrogen) atoms. The maximum Gasteiger partial charge on any atom is 0.347 e. The van der Waals surface area contributed by atoms with Crippen LogP contribution in [-0.4, -0.2) is 69.8 Å². The van der Waals surface area contributed by atoms with Crippen LogP contribution in [0.5, 0.6) is 5.75 Å². The second kappa shape index (κ2) is 11.2. The van der Waals surface area contributed by atoms with E-state index in [1.807, 2.05) is 13.8 Å². The maximum atomic E-state index is 11.8. The fraction of sp³-hybridized carbons (Fsp3) is 0.533. The van der Waals surface area contributed by atoms with Crippen LogP contribution in [0.4, 0.5) is 0 Å². The molecular formula is C15H27N2O7P. The van der Waals surface area contributed by atoms with E-state index in [2.05, 4.69) is 0 Å². The maximum absolute atomic E-state index is 11.8. The number of hydroxylamine groups is 2. The molecule has 0 saturated heterocycles. The minimum Gasteiger partial charge on any atom is -0.497 e. The Morgan fingerprint density at radius 1 is 1.24 bits per heavy atom. The Kier molecular flexibility index (Phi) is 10.5.